The third-order valence-corrected chi connectivity index (χ3v) is 3.40. The van der Waals surface area contributed by atoms with Gasteiger partial charge in [-0.2, -0.15) is 21.6 Å². The normalized spacial score (nSPS) is 12.5. The largest absolute Gasteiger partial charge is 0.516 e. The Kier molecular flexibility index (Phi) is 3.84. The molecule has 1 aromatic carbocycles. The topological polar surface area (TPSA) is 46.2 Å². The molecule has 1 rings (SSSR count). The maximum atomic E-state index is 12.0. The highest BCUT2D eigenvalue weighted by Gasteiger charge is 2.45. The van der Waals surface area contributed by atoms with Crippen molar-refractivity contribution in [1.82, 2.24) is 0 Å². The van der Waals surface area contributed by atoms with Crippen LogP contribution in [0.15, 0.2) is 24.3 Å². The molecule has 3 nitrogen and oxygen atoms in total. The highest BCUT2D eigenvalue weighted by atomic mass is 79.9. The third kappa shape index (κ3) is 3.11. The van der Waals surface area contributed by atoms with Gasteiger partial charge in [-0.1, -0.05) is 28.1 Å². The van der Waals surface area contributed by atoms with Crippen LogP contribution in [0.1, 0.15) is 5.56 Å². The number of sulfonamides is 1. The lowest BCUT2D eigenvalue weighted by Crippen LogP contribution is -2.29. The van der Waals surface area contributed by atoms with E-state index in [9.17, 15) is 21.6 Å². The summed E-state index contributed by atoms with van der Waals surface area (Å²) in [7, 11) is -5.34. The maximum Gasteiger partial charge on any atom is 0.516 e. The summed E-state index contributed by atoms with van der Waals surface area (Å²) in [6, 6.07) is 5.68. The van der Waals surface area contributed by atoms with Crippen LogP contribution in [0, 0.1) is 0 Å². The standard InChI is InChI=1S/C8H7BrF3NO2S/c9-5-6-2-1-3-7(4-6)13-16(14,15)8(10,11)12/h1-4,13H,5H2. The van der Waals surface area contributed by atoms with Gasteiger partial charge in [0.2, 0.25) is 0 Å². The molecule has 0 saturated carbocycles. The van der Waals surface area contributed by atoms with Gasteiger partial charge in [-0.05, 0) is 17.7 Å². The van der Waals surface area contributed by atoms with Crippen LogP contribution in [0.3, 0.4) is 0 Å². The van der Waals surface area contributed by atoms with Crippen molar-refractivity contribution < 1.29 is 21.6 Å². The van der Waals surface area contributed by atoms with Crippen LogP contribution in [0.25, 0.3) is 0 Å². The zero-order valence-electron chi connectivity index (χ0n) is 7.75. The molecule has 1 N–H and O–H groups in total. The molecule has 0 unspecified atom stereocenters. The van der Waals surface area contributed by atoms with Crippen molar-refractivity contribution in [2.75, 3.05) is 4.72 Å². The van der Waals surface area contributed by atoms with Crippen LogP contribution in [-0.2, 0) is 15.4 Å². The first-order valence-electron chi connectivity index (χ1n) is 4.00. The Balaban J connectivity index is 2.97. The van der Waals surface area contributed by atoms with Gasteiger partial charge in [0.05, 0.1) is 0 Å². The van der Waals surface area contributed by atoms with Crippen LogP contribution in [0.2, 0.25) is 0 Å². The number of nitrogens with one attached hydrogen (secondary N) is 1. The third-order valence-electron chi connectivity index (χ3n) is 1.64. The highest BCUT2D eigenvalue weighted by Crippen LogP contribution is 2.25. The lowest BCUT2D eigenvalue weighted by molar-refractivity contribution is -0.0429. The highest BCUT2D eigenvalue weighted by molar-refractivity contribution is 9.08. The van der Waals surface area contributed by atoms with Gasteiger partial charge in [-0.3, -0.25) is 4.72 Å². The van der Waals surface area contributed by atoms with Crippen molar-refractivity contribution in [3.05, 3.63) is 29.8 Å². The van der Waals surface area contributed by atoms with E-state index in [1.807, 2.05) is 0 Å². The van der Waals surface area contributed by atoms with Crippen LogP contribution in [0.4, 0.5) is 18.9 Å². The minimum absolute atomic E-state index is 0.116. The Morgan fingerprint density at radius 3 is 2.44 bits per heavy atom. The van der Waals surface area contributed by atoms with Crippen molar-refractivity contribution in [1.29, 1.82) is 0 Å². The molecule has 90 valence electrons. The van der Waals surface area contributed by atoms with Gasteiger partial charge < -0.3 is 0 Å². The average molecular weight is 318 g/mol. The van der Waals surface area contributed by atoms with Crippen molar-refractivity contribution in [2.24, 2.45) is 0 Å². The molecule has 0 heterocycles. The summed E-state index contributed by atoms with van der Waals surface area (Å²) in [4.78, 5) is 0. The fraction of sp³-hybridized carbons (Fsp3) is 0.250. The van der Waals surface area contributed by atoms with Gasteiger partial charge in [0.1, 0.15) is 0 Å². The van der Waals surface area contributed by atoms with Gasteiger partial charge in [0.15, 0.2) is 0 Å². The predicted molar refractivity (Wildman–Crippen MR) is 57.7 cm³/mol. The molecule has 0 aliphatic heterocycles. The molecule has 0 aliphatic carbocycles. The molecule has 0 amide bonds. The number of anilines is 1. The zero-order chi connectivity index (χ0) is 12.4. The second-order valence-electron chi connectivity index (χ2n) is 2.89. The second kappa shape index (κ2) is 4.62. The molecule has 8 heteroatoms. The van der Waals surface area contributed by atoms with Crippen LogP contribution < -0.4 is 4.72 Å². The van der Waals surface area contributed by atoms with Gasteiger partial charge in [0, 0.05) is 11.0 Å². The molecule has 0 bridgehead atoms. The summed E-state index contributed by atoms with van der Waals surface area (Å²) in [6.45, 7) is 0. The van der Waals surface area contributed by atoms with Crippen LogP contribution in [-0.4, -0.2) is 13.9 Å². The smallest absolute Gasteiger partial charge is 0.276 e. The summed E-state index contributed by atoms with van der Waals surface area (Å²) >= 11 is 3.11. The number of hydrogen-bond acceptors (Lipinski definition) is 2. The van der Waals surface area contributed by atoms with E-state index >= 15 is 0 Å². The van der Waals surface area contributed by atoms with Crippen LogP contribution in [0.5, 0.6) is 0 Å². The summed E-state index contributed by atoms with van der Waals surface area (Å²) in [5, 5.41) is 0.425. The summed E-state index contributed by atoms with van der Waals surface area (Å²) in [5.41, 5.74) is -4.76. The van der Waals surface area contributed by atoms with Crippen LogP contribution >= 0.6 is 15.9 Å². The molecule has 0 aliphatic rings. The number of benzene rings is 1. The zero-order valence-corrected chi connectivity index (χ0v) is 10.2. The Morgan fingerprint density at radius 1 is 1.31 bits per heavy atom. The minimum Gasteiger partial charge on any atom is -0.276 e. The Hall–Kier alpha value is -0.760. The quantitative estimate of drug-likeness (QED) is 0.871. The fourth-order valence-electron chi connectivity index (χ4n) is 0.931. The van der Waals surface area contributed by atoms with E-state index in [0.717, 1.165) is 0 Å². The lowest BCUT2D eigenvalue weighted by Gasteiger charge is -2.10. The Bertz CT molecular complexity index is 472. The fourth-order valence-corrected chi connectivity index (χ4v) is 1.83. The Labute approximate surface area is 98.8 Å². The number of alkyl halides is 4. The van der Waals surface area contributed by atoms with Gasteiger partial charge in [-0.15, -0.1) is 0 Å². The van der Waals surface area contributed by atoms with E-state index in [2.05, 4.69) is 15.9 Å². The van der Waals surface area contributed by atoms with Gasteiger partial charge in [0.25, 0.3) is 0 Å². The molecule has 0 atom stereocenters. The first-order valence-corrected chi connectivity index (χ1v) is 6.61. The van der Waals surface area contributed by atoms with Crippen molar-refractivity contribution >= 4 is 31.6 Å². The maximum absolute atomic E-state index is 12.0. The number of rotatable bonds is 3. The van der Waals surface area contributed by atoms with Crippen molar-refractivity contribution in [2.45, 2.75) is 10.8 Å². The molecular formula is C8H7BrF3NO2S. The van der Waals surface area contributed by atoms with Gasteiger partial charge >= 0.3 is 15.5 Å². The second-order valence-corrected chi connectivity index (χ2v) is 5.12. The summed E-state index contributed by atoms with van der Waals surface area (Å²) in [5.74, 6) is 0. The van der Waals surface area contributed by atoms with Crippen molar-refractivity contribution in [3.63, 3.8) is 0 Å². The predicted octanol–water partition coefficient (Wildman–Crippen LogP) is 2.84. The molecular weight excluding hydrogens is 311 g/mol. The first-order chi connectivity index (χ1) is 7.26. The number of halogens is 4. The number of hydrogen-bond donors (Lipinski definition) is 1. The van der Waals surface area contributed by atoms with E-state index in [4.69, 9.17) is 0 Å². The SMILES string of the molecule is O=S(=O)(Nc1cccc(CBr)c1)C(F)(F)F. The Morgan fingerprint density at radius 2 is 1.94 bits per heavy atom. The van der Waals surface area contributed by atoms with E-state index in [1.165, 1.54) is 22.9 Å². The minimum atomic E-state index is -5.34. The molecule has 0 radical (unpaired) electrons. The van der Waals surface area contributed by atoms with E-state index < -0.39 is 15.5 Å². The average Bonchev–Trinajstić information content (AvgIpc) is 2.15. The monoisotopic (exact) mass is 317 g/mol. The molecule has 0 aromatic heterocycles. The molecule has 0 fully saturated rings. The molecule has 1 aromatic rings. The molecule has 16 heavy (non-hydrogen) atoms. The first kappa shape index (κ1) is 13.3. The molecule has 0 spiro atoms. The van der Waals surface area contributed by atoms with Gasteiger partial charge in [-0.25, -0.2) is 0 Å². The molecule has 0 saturated heterocycles. The van der Waals surface area contributed by atoms with E-state index in [-0.39, 0.29) is 5.69 Å². The van der Waals surface area contributed by atoms with Crippen molar-refractivity contribution in [3.8, 4) is 0 Å². The van der Waals surface area contributed by atoms with E-state index in [1.54, 1.807) is 6.07 Å². The lowest BCUT2D eigenvalue weighted by atomic mass is 10.2. The summed E-state index contributed by atoms with van der Waals surface area (Å²) < 4.78 is 59.1. The summed E-state index contributed by atoms with van der Waals surface area (Å²) in [6.07, 6.45) is 0. The van der Waals surface area contributed by atoms with E-state index in [0.29, 0.717) is 10.9 Å².